The lowest BCUT2D eigenvalue weighted by atomic mass is 10.2. The average molecular weight is 470 g/mol. The zero-order chi connectivity index (χ0) is 24.1. The molecular formula is C22H23N5O5S. The Hall–Kier alpha value is -3.99. The number of hydrogen-bond acceptors (Lipinski definition) is 6. The van der Waals surface area contributed by atoms with Crippen LogP contribution in [-0.2, 0) is 4.79 Å². The van der Waals surface area contributed by atoms with Crippen molar-refractivity contribution in [1.29, 1.82) is 0 Å². The molecule has 0 spiro atoms. The highest BCUT2D eigenvalue weighted by molar-refractivity contribution is 7.15. The number of aromatic amines is 1. The van der Waals surface area contributed by atoms with Crippen molar-refractivity contribution < 1.29 is 19.5 Å². The van der Waals surface area contributed by atoms with E-state index in [9.17, 15) is 19.2 Å². The fraction of sp³-hybridized carbons (Fsp3) is 0.227. The lowest BCUT2D eigenvalue weighted by Crippen LogP contribution is -2.25. The molecule has 2 amide bonds. The molecule has 2 aromatic heterocycles. The Kier molecular flexibility index (Phi) is 7.23. The molecule has 0 unspecified atom stereocenters. The van der Waals surface area contributed by atoms with Crippen LogP contribution < -0.4 is 16.3 Å². The van der Waals surface area contributed by atoms with Gasteiger partial charge in [0.1, 0.15) is 0 Å². The van der Waals surface area contributed by atoms with E-state index in [4.69, 9.17) is 5.11 Å². The van der Waals surface area contributed by atoms with Crippen LogP contribution in [0.25, 0.3) is 5.69 Å². The number of hydrazone groups is 1. The number of carbonyl (C=O) groups is 3. The zero-order valence-electron chi connectivity index (χ0n) is 18.3. The molecule has 1 aromatic carbocycles. The topological polar surface area (TPSA) is 146 Å². The molecule has 0 saturated carbocycles. The Labute approximate surface area is 192 Å². The molecule has 3 rings (SSSR count). The van der Waals surface area contributed by atoms with Crippen molar-refractivity contribution in [2.24, 2.45) is 5.10 Å². The molecule has 10 nitrogen and oxygen atoms in total. The second-order valence-electron chi connectivity index (χ2n) is 7.29. The van der Waals surface area contributed by atoms with Gasteiger partial charge in [0.05, 0.1) is 33.1 Å². The number of nitrogens with one attached hydrogen (secondary N) is 3. The number of benzene rings is 1. The third-order valence-electron chi connectivity index (χ3n) is 4.73. The van der Waals surface area contributed by atoms with E-state index in [1.165, 1.54) is 16.8 Å². The average Bonchev–Trinajstić information content (AvgIpc) is 3.37. The van der Waals surface area contributed by atoms with Crippen LogP contribution in [-0.4, -0.2) is 44.9 Å². The Bertz CT molecular complexity index is 1280. The SMILES string of the molecule is C/C(=N\NC(=O)c1ccc(C(=O)NCCC(=O)O)s1)c1c(C)[nH]n(-c2ccc(C)cc2)c1=O. The quantitative estimate of drug-likeness (QED) is 0.295. The van der Waals surface area contributed by atoms with E-state index >= 15 is 0 Å². The molecule has 0 atom stereocenters. The minimum absolute atomic E-state index is 0.00673. The predicted molar refractivity (Wildman–Crippen MR) is 124 cm³/mol. The minimum atomic E-state index is -1.02. The third-order valence-corrected chi connectivity index (χ3v) is 5.81. The zero-order valence-corrected chi connectivity index (χ0v) is 19.1. The van der Waals surface area contributed by atoms with E-state index < -0.39 is 17.8 Å². The highest BCUT2D eigenvalue weighted by Crippen LogP contribution is 2.16. The summed E-state index contributed by atoms with van der Waals surface area (Å²) in [6, 6.07) is 10.4. The fourth-order valence-electron chi connectivity index (χ4n) is 3.05. The van der Waals surface area contributed by atoms with Gasteiger partial charge >= 0.3 is 5.97 Å². The van der Waals surface area contributed by atoms with Crippen molar-refractivity contribution in [1.82, 2.24) is 20.5 Å². The van der Waals surface area contributed by atoms with Gasteiger partial charge in [0, 0.05) is 12.2 Å². The Morgan fingerprint density at radius 3 is 2.33 bits per heavy atom. The maximum Gasteiger partial charge on any atom is 0.305 e. The summed E-state index contributed by atoms with van der Waals surface area (Å²) in [6.45, 7) is 5.32. The predicted octanol–water partition coefficient (Wildman–Crippen LogP) is 2.20. The molecule has 33 heavy (non-hydrogen) atoms. The van der Waals surface area contributed by atoms with Crippen LogP contribution in [0.5, 0.6) is 0 Å². The molecule has 172 valence electrons. The van der Waals surface area contributed by atoms with Crippen LogP contribution in [0, 0.1) is 13.8 Å². The van der Waals surface area contributed by atoms with Gasteiger partial charge in [-0.2, -0.15) is 5.10 Å². The van der Waals surface area contributed by atoms with Crippen molar-refractivity contribution >= 4 is 34.8 Å². The van der Waals surface area contributed by atoms with Gasteiger partial charge in [-0.1, -0.05) is 17.7 Å². The normalized spacial score (nSPS) is 11.3. The minimum Gasteiger partial charge on any atom is -0.481 e. The number of aromatic nitrogens is 2. The van der Waals surface area contributed by atoms with Crippen molar-refractivity contribution in [3.63, 3.8) is 0 Å². The second-order valence-corrected chi connectivity index (χ2v) is 8.37. The first kappa shape index (κ1) is 23.7. The summed E-state index contributed by atoms with van der Waals surface area (Å²) < 4.78 is 1.42. The van der Waals surface area contributed by atoms with Crippen LogP contribution in [0.2, 0.25) is 0 Å². The maximum absolute atomic E-state index is 12.9. The monoisotopic (exact) mass is 469 g/mol. The Morgan fingerprint density at radius 1 is 1.06 bits per heavy atom. The summed E-state index contributed by atoms with van der Waals surface area (Å²) >= 11 is 0.951. The van der Waals surface area contributed by atoms with Gasteiger partial charge in [0.15, 0.2) is 0 Å². The molecule has 0 saturated heterocycles. The number of rotatable bonds is 8. The molecule has 11 heteroatoms. The molecule has 0 aliphatic carbocycles. The van der Waals surface area contributed by atoms with E-state index in [-0.39, 0.29) is 28.3 Å². The van der Waals surface area contributed by atoms with E-state index in [1.807, 2.05) is 31.2 Å². The number of aliphatic carboxylic acids is 1. The third kappa shape index (κ3) is 5.63. The lowest BCUT2D eigenvalue weighted by molar-refractivity contribution is -0.136. The second kappa shape index (κ2) is 10.1. The molecule has 0 bridgehead atoms. The van der Waals surface area contributed by atoms with Gasteiger partial charge in [-0.25, -0.2) is 10.1 Å². The number of nitrogens with zero attached hydrogens (tertiary/aromatic N) is 2. The first-order chi connectivity index (χ1) is 15.7. The first-order valence-electron chi connectivity index (χ1n) is 10.0. The number of hydrogen-bond donors (Lipinski definition) is 4. The summed E-state index contributed by atoms with van der Waals surface area (Å²) in [5.41, 5.74) is 5.16. The van der Waals surface area contributed by atoms with Crippen LogP contribution in [0.3, 0.4) is 0 Å². The summed E-state index contributed by atoms with van der Waals surface area (Å²) in [7, 11) is 0. The number of carbonyl (C=O) groups excluding carboxylic acids is 2. The van der Waals surface area contributed by atoms with Crippen molar-refractivity contribution in [2.45, 2.75) is 27.2 Å². The number of thiophene rings is 1. The van der Waals surface area contributed by atoms with E-state index in [2.05, 4.69) is 20.9 Å². The molecule has 3 aromatic rings. The van der Waals surface area contributed by atoms with E-state index in [0.717, 1.165) is 16.9 Å². The molecule has 0 radical (unpaired) electrons. The van der Waals surface area contributed by atoms with Gasteiger partial charge in [-0.15, -0.1) is 11.3 Å². The van der Waals surface area contributed by atoms with Gasteiger partial charge in [0.25, 0.3) is 17.4 Å². The number of aryl methyl sites for hydroxylation is 2. The van der Waals surface area contributed by atoms with Gasteiger partial charge in [-0.05, 0) is 45.0 Å². The molecule has 2 heterocycles. The maximum atomic E-state index is 12.9. The Morgan fingerprint density at radius 2 is 1.70 bits per heavy atom. The van der Waals surface area contributed by atoms with Gasteiger partial charge in [0.2, 0.25) is 0 Å². The molecule has 0 aliphatic rings. The van der Waals surface area contributed by atoms with E-state index in [0.29, 0.717) is 22.7 Å². The summed E-state index contributed by atoms with van der Waals surface area (Å²) in [5.74, 6) is -2.01. The van der Waals surface area contributed by atoms with Crippen molar-refractivity contribution in [2.75, 3.05) is 6.54 Å². The summed E-state index contributed by atoms with van der Waals surface area (Å²) in [5, 5.41) is 18.2. The first-order valence-corrected chi connectivity index (χ1v) is 10.8. The van der Waals surface area contributed by atoms with Crippen LogP contribution in [0.4, 0.5) is 0 Å². The largest absolute Gasteiger partial charge is 0.481 e. The van der Waals surface area contributed by atoms with Crippen molar-refractivity contribution in [3.05, 3.63) is 73.3 Å². The summed E-state index contributed by atoms with van der Waals surface area (Å²) in [4.78, 5) is 48.4. The number of amides is 2. The molecule has 0 aliphatic heterocycles. The Balaban J connectivity index is 1.70. The van der Waals surface area contributed by atoms with Crippen LogP contribution in [0.15, 0.2) is 46.3 Å². The number of carboxylic acids is 1. The van der Waals surface area contributed by atoms with Gasteiger partial charge in [-0.3, -0.25) is 24.3 Å². The van der Waals surface area contributed by atoms with Crippen LogP contribution in [0.1, 0.15) is 49.5 Å². The number of H-pyrrole nitrogens is 1. The van der Waals surface area contributed by atoms with Crippen molar-refractivity contribution in [3.8, 4) is 5.69 Å². The molecular weight excluding hydrogens is 446 g/mol. The standard InChI is InChI=1S/C22H23N5O5S/c1-12-4-6-15(7-5-12)27-22(32)19(14(3)26-27)13(2)24-25-21(31)17-9-8-16(33-17)20(30)23-11-10-18(28)29/h4-9,26H,10-11H2,1-3H3,(H,23,30)(H,25,31)(H,28,29)/b24-13+. The van der Waals surface area contributed by atoms with E-state index in [1.54, 1.807) is 13.8 Å². The smallest absolute Gasteiger partial charge is 0.305 e. The van der Waals surface area contributed by atoms with Crippen LogP contribution >= 0.6 is 11.3 Å². The highest BCUT2D eigenvalue weighted by Gasteiger charge is 2.17. The highest BCUT2D eigenvalue weighted by atomic mass is 32.1. The molecule has 0 fully saturated rings. The number of carboxylic acid groups (broad SMARTS) is 1. The lowest BCUT2D eigenvalue weighted by Gasteiger charge is -2.01. The molecule has 4 N–H and O–H groups in total. The van der Waals surface area contributed by atoms with Gasteiger partial charge < -0.3 is 10.4 Å². The summed E-state index contributed by atoms with van der Waals surface area (Å²) in [6.07, 6.45) is -0.192. The fourth-order valence-corrected chi connectivity index (χ4v) is 3.86.